The van der Waals surface area contributed by atoms with Crippen molar-refractivity contribution in [1.82, 2.24) is 21.3 Å². The molecule has 49 heavy (non-hydrogen) atoms. The first kappa shape index (κ1) is 46.6. The molecule has 0 aliphatic heterocycles. The molecule has 0 aromatic carbocycles. The van der Waals surface area contributed by atoms with Crippen LogP contribution in [0.4, 0.5) is 0 Å². The first-order chi connectivity index (χ1) is 22.7. The first-order valence-electron chi connectivity index (χ1n) is 15.1. The van der Waals surface area contributed by atoms with Crippen molar-refractivity contribution < 1.29 is 75.0 Å². The molecule has 0 bridgehead atoms. The maximum atomic E-state index is 13.4. The van der Waals surface area contributed by atoms with Crippen LogP contribution in [0.3, 0.4) is 0 Å². The minimum absolute atomic E-state index is 0.00421. The van der Waals surface area contributed by atoms with Crippen molar-refractivity contribution in [2.75, 3.05) is 32.1 Å². The molecule has 0 unspecified atom stereocenters. The van der Waals surface area contributed by atoms with Crippen LogP contribution in [0.25, 0.3) is 0 Å². The van der Waals surface area contributed by atoms with Gasteiger partial charge in [0.05, 0.1) is 19.8 Å². The van der Waals surface area contributed by atoms with Gasteiger partial charge in [0.15, 0.2) is 12.2 Å². The molecule has 5 amide bonds. The Balaban J connectivity index is 5.76. The fraction of sp³-hybridized carbons (Fsp3) is 0.815. The van der Waals surface area contributed by atoms with Gasteiger partial charge in [-0.15, -0.1) is 0 Å². The summed E-state index contributed by atoms with van der Waals surface area (Å²) in [6.45, 7) is 3.05. The van der Waals surface area contributed by atoms with Crippen LogP contribution in [0.2, 0.25) is 0 Å². The summed E-state index contributed by atoms with van der Waals surface area (Å²) in [7, 11) is 2.61. The van der Waals surface area contributed by atoms with Crippen molar-refractivity contribution in [3.63, 3.8) is 0 Å². The highest BCUT2D eigenvalue weighted by atomic mass is 33.1. The van der Waals surface area contributed by atoms with Gasteiger partial charge in [-0.05, 0) is 19.3 Å². The Morgan fingerprint density at radius 3 is 1.61 bits per heavy atom. The molecule has 0 aromatic heterocycles. The molecule has 286 valence electrons. The number of hydrogen-bond acceptors (Lipinski definition) is 17. The van der Waals surface area contributed by atoms with Crippen LogP contribution in [0.1, 0.15) is 40.0 Å². The Labute approximate surface area is 290 Å². The maximum absolute atomic E-state index is 13.4. The van der Waals surface area contributed by atoms with Gasteiger partial charge >= 0.3 is 0 Å². The SMILES string of the molecule is CC(C)(C)SSC[C@H](NC(=O)[C@H](CCCCNC(=O)[C@H](O)[C@@H](O)[C@@H](O)[C@H](O)CO)NC(=O)[C@H](O)[C@@H](O)[C@@H](O)[C@H](O)CO)C(=O)NCC(N)=O. The van der Waals surface area contributed by atoms with E-state index in [0.717, 1.165) is 0 Å². The van der Waals surface area contributed by atoms with E-state index in [1.807, 2.05) is 20.8 Å². The molecule has 0 spiro atoms. The fourth-order valence-corrected chi connectivity index (χ4v) is 6.17. The van der Waals surface area contributed by atoms with Crippen molar-refractivity contribution in [1.29, 1.82) is 0 Å². The minimum Gasteiger partial charge on any atom is -0.394 e. The van der Waals surface area contributed by atoms with Crippen LogP contribution in [0.5, 0.6) is 0 Å². The third-order valence-electron chi connectivity index (χ3n) is 6.51. The number of rotatable bonds is 24. The van der Waals surface area contributed by atoms with Crippen LogP contribution in [-0.2, 0) is 24.0 Å². The van der Waals surface area contributed by atoms with Crippen molar-refractivity contribution in [3.05, 3.63) is 0 Å². The lowest BCUT2D eigenvalue weighted by atomic mass is 10.0. The number of hydrogen-bond donors (Lipinski definition) is 15. The lowest BCUT2D eigenvalue weighted by Gasteiger charge is -2.27. The second kappa shape index (κ2) is 23.2. The van der Waals surface area contributed by atoms with Crippen molar-refractivity contribution in [2.24, 2.45) is 5.73 Å². The predicted molar refractivity (Wildman–Crippen MR) is 175 cm³/mol. The Morgan fingerprint density at radius 1 is 0.653 bits per heavy atom. The number of amides is 5. The minimum atomic E-state index is -2.40. The third-order valence-corrected chi connectivity index (χ3v) is 9.86. The summed E-state index contributed by atoms with van der Waals surface area (Å²) in [4.78, 5) is 62.3. The topological polar surface area (TPSA) is 362 Å². The summed E-state index contributed by atoms with van der Waals surface area (Å²) in [5.74, 6) is -5.11. The Morgan fingerprint density at radius 2 is 1.14 bits per heavy atom. The molecule has 0 aliphatic carbocycles. The fourth-order valence-electron chi connectivity index (χ4n) is 3.70. The van der Waals surface area contributed by atoms with Crippen molar-refractivity contribution in [2.45, 2.75) is 106 Å². The third kappa shape index (κ3) is 17.9. The van der Waals surface area contributed by atoms with E-state index in [0.29, 0.717) is 0 Å². The number of aliphatic hydroxyl groups excluding tert-OH is 10. The van der Waals surface area contributed by atoms with Gasteiger partial charge in [-0.2, -0.15) is 0 Å². The number of nitrogens with two attached hydrogens (primary N) is 1. The van der Waals surface area contributed by atoms with E-state index in [1.54, 1.807) is 0 Å². The van der Waals surface area contributed by atoms with Crippen LogP contribution in [0, 0.1) is 0 Å². The highest BCUT2D eigenvalue weighted by molar-refractivity contribution is 8.77. The van der Waals surface area contributed by atoms with Crippen LogP contribution >= 0.6 is 21.6 Å². The smallest absolute Gasteiger partial charge is 0.252 e. The second-order valence-electron chi connectivity index (χ2n) is 11.9. The zero-order valence-electron chi connectivity index (χ0n) is 27.3. The molecule has 0 rings (SSSR count). The summed E-state index contributed by atoms with van der Waals surface area (Å²) in [6, 6.07) is -2.77. The zero-order chi connectivity index (χ0) is 38.1. The quantitative estimate of drug-likeness (QED) is 0.0322. The monoisotopic (exact) mass is 749 g/mol. The molecule has 0 fully saturated rings. The average Bonchev–Trinajstić information content (AvgIpc) is 3.05. The van der Waals surface area contributed by atoms with Gasteiger partial charge in [-0.25, -0.2) is 0 Å². The van der Waals surface area contributed by atoms with Gasteiger partial charge in [0, 0.05) is 17.0 Å². The molecule has 16 N–H and O–H groups in total. The van der Waals surface area contributed by atoms with Gasteiger partial charge < -0.3 is 78.1 Å². The van der Waals surface area contributed by atoms with E-state index < -0.39 is 110 Å². The highest BCUT2D eigenvalue weighted by Crippen LogP contribution is 2.35. The summed E-state index contributed by atoms with van der Waals surface area (Å²) in [6.07, 6.45) is -17.1. The molecule has 0 radical (unpaired) electrons. The molecular formula is C27H51N5O15S2. The molecule has 0 saturated heterocycles. The van der Waals surface area contributed by atoms with E-state index in [2.05, 4.69) is 21.3 Å². The second-order valence-corrected chi connectivity index (χ2v) is 15.1. The van der Waals surface area contributed by atoms with Crippen LogP contribution < -0.4 is 27.0 Å². The number of unbranched alkanes of at least 4 members (excludes halogenated alkanes) is 1. The van der Waals surface area contributed by atoms with E-state index in [-0.39, 0.29) is 36.3 Å². The van der Waals surface area contributed by atoms with E-state index in [4.69, 9.17) is 15.9 Å². The largest absolute Gasteiger partial charge is 0.394 e. The average molecular weight is 750 g/mol. The predicted octanol–water partition coefficient (Wildman–Crippen LogP) is -7.10. The van der Waals surface area contributed by atoms with Crippen LogP contribution in [-0.4, -0.2) is 178 Å². The molecule has 22 heteroatoms. The first-order valence-corrected chi connectivity index (χ1v) is 17.4. The normalized spacial score (nSPS) is 18.0. The number of primary amides is 1. The Kier molecular flexibility index (Phi) is 22.1. The standard InChI is InChI=1S/C27H51N5O15S2/c1-27(2,3)49-48-11-13(23(44)30-8-16(28)37)32-24(45)12(31-26(47)22(43)20(41)18(39)15(36)10-34)6-4-5-7-29-25(46)21(42)19(40)17(38)14(35)9-33/h12-15,17-22,33-36,38-43H,4-11H2,1-3H3,(H2,28,37)(H,29,46)(H,30,44)(H,31,47)(H,32,45)/t12-,13-,14+,15+,17-,18-,19-,20-,21+,22+/m0/s1. The van der Waals surface area contributed by atoms with Gasteiger partial charge in [0.1, 0.15) is 48.7 Å². The lowest BCUT2D eigenvalue weighted by molar-refractivity contribution is -0.150. The molecular weight excluding hydrogens is 698 g/mol. The summed E-state index contributed by atoms with van der Waals surface area (Å²) < 4.78 is -0.241. The number of carbonyl (C=O) groups is 5. The van der Waals surface area contributed by atoms with Gasteiger partial charge in [0.25, 0.3) is 11.8 Å². The Bertz CT molecular complexity index is 1060. The van der Waals surface area contributed by atoms with Gasteiger partial charge in [0.2, 0.25) is 17.7 Å². The molecule has 0 aliphatic rings. The molecule has 0 aromatic rings. The van der Waals surface area contributed by atoms with Gasteiger partial charge in [-0.1, -0.05) is 42.4 Å². The number of aliphatic hydroxyl groups is 10. The highest BCUT2D eigenvalue weighted by Gasteiger charge is 2.37. The zero-order valence-corrected chi connectivity index (χ0v) is 29.0. The van der Waals surface area contributed by atoms with E-state index >= 15 is 0 Å². The molecule has 10 atom stereocenters. The van der Waals surface area contributed by atoms with Crippen molar-refractivity contribution >= 4 is 51.1 Å². The molecule has 0 heterocycles. The van der Waals surface area contributed by atoms with E-state index in [1.165, 1.54) is 21.6 Å². The maximum Gasteiger partial charge on any atom is 0.252 e. The summed E-state index contributed by atoms with van der Waals surface area (Å²) >= 11 is 0. The summed E-state index contributed by atoms with van der Waals surface area (Å²) in [5, 5.41) is 106. The number of nitrogens with one attached hydrogen (secondary N) is 4. The van der Waals surface area contributed by atoms with Crippen molar-refractivity contribution in [3.8, 4) is 0 Å². The van der Waals surface area contributed by atoms with Gasteiger partial charge in [-0.3, -0.25) is 24.0 Å². The number of carbonyl (C=O) groups excluding carboxylic acids is 5. The molecule has 20 nitrogen and oxygen atoms in total. The van der Waals surface area contributed by atoms with E-state index in [9.17, 15) is 64.8 Å². The summed E-state index contributed by atoms with van der Waals surface area (Å²) in [5.41, 5.74) is 5.09. The van der Waals surface area contributed by atoms with Crippen LogP contribution in [0.15, 0.2) is 0 Å². The lowest BCUT2D eigenvalue weighted by Crippen LogP contribution is -2.58. The molecule has 0 saturated carbocycles. The Hall–Kier alpha value is -2.35.